The lowest BCUT2D eigenvalue weighted by molar-refractivity contribution is -0.144. The van der Waals surface area contributed by atoms with Gasteiger partial charge in [-0.15, -0.1) is 0 Å². The van der Waals surface area contributed by atoms with Crippen molar-refractivity contribution in [3.63, 3.8) is 0 Å². The molecule has 0 radical (unpaired) electrons. The highest BCUT2D eigenvalue weighted by atomic mass is 16.5. The first-order valence-electron chi connectivity index (χ1n) is 14.2. The van der Waals surface area contributed by atoms with E-state index in [9.17, 15) is 34.8 Å². The van der Waals surface area contributed by atoms with Crippen molar-refractivity contribution in [2.45, 2.75) is 38.3 Å². The van der Waals surface area contributed by atoms with Crippen LogP contribution in [0.4, 0.5) is 0 Å². The van der Waals surface area contributed by atoms with Gasteiger partial charge in [-0.1, -0.05) is 12.1 Å². The van der Waals surface area contributed by atoms with Crippen LogP contribution in [0.15, 0.2) is 69.9 Å². The highest BCUT2D eigenvalue weighted by molar-refractivity contribution is 6.24. The average molecular weight is 593 g/mol. The van der Waals surface area contributed by atoms with Gasteiger partial charge in [0, 0.05) is 43.1 Å². The van der Waals surface area contributed by atoms with Crippen LogP contribution < -0.4 is 10.5 Å². The molecule has 0 unspecified atom stereocenters. The Morgan fingerprint density at radius 3 is 2.58 bits per heavy atom. The molecule has 1 aromatic carbocycles. The zero-order valence-corrected chi connectivity index (χ0v) is 24.1. The van der Waals surface area contributed by atoms with E-state index in [1.807, 2.05) is 18.2 Å². The fraction of sp³-hybridized carbons (Fsp3) is 0.406. The zero-order valence-electron chi connectivity index (χ0n) is 24.1. The maximum atomic E-state index is 14.0. The number of carbonyl (C=O) groups is 3. The summed E-state index contributed by atoms with van der Waals surface area (Å²) in [6.45, 7) is 5.31. The number of ether oxygens (including phenoxy) is 2. The van der Waals surface area contributed by atoms with Gasteiger partial charge < -0.3 is 35.6 Å². The minimum absolute atomic E-state index is 0.0483. The maximum Gasteiger partial charge on any atom is 0.255 e. The van der Waals surface area contributed by atoms with Crippen molar-refractivity contribution in [3.8, 4) is 5.75 Å². The number of methoxy groups -OCH3 is 1. The number of nitrogens with two attached hydrogens (primary N) is 1. The quantitative estimate of drug-likeness (QED) is 0.187. The van der Waals surface area contributed by atoms with Crippen LogP contribution in [-0.2, 0) is 25.7 Å². The van der Waals surface area contributed by atoms with Crippen molar-refractivity contribution >= 4 is 23.5 Å². The number of benzene rings is 1. The summed E-state index contributed by atoms with van der Waals surface area (Å²) >= 11 is 0. The molecule has 2 fully saturated rings. The van der Waals surface area contributed by atoms with E-state index in [1.54, 1.807) is 26.2 Å². The first-order chi connectivity index (χ1) is 20.5. The van der Waals surface area contributed by atoms with E-state index in [4.69, 9.17) is 15.2 Å². The molecule has 43 heavy (non-hydrogen) atoms. The fourth-order valence-electron chi connectivity index (χ4n) is 6.64. The number of primary amides is 1. The number of nitrogens with zero attached hydrogens (tertiary/aromatic N) is 1. The first kappa shape index (κ1) is 30.3. The molecule has 11 heteroatoms. The third-order valence-corrected chi connectivity index (χ3v) is 8.71. The number of carbonyl (C=O) groups excluding carboxylic acids is 3. The monoisotopic (exact) mass is 592 g/mol. The highest BCUT2D eigenvalue weighted by Crippen LogP contribution is 2.52. The van der Waals surface area contributed by atoms with Crippen molar-refractivity contribution in [1.82, 2.24) is 4.90 Å². The maximum absolute atomic E-state index is 14.0. The summed E-state index contributed by atoms with van der Waals surface area (Å²) < 4.78 is 11.1. The summed E-state index contributed by atoms with van der Waals surface area (Å²) in [4.78, 5) is 41.4. The van der Waals surface area contributed by atoms with Crippen LogP contribution in [-0.4, -0.2) is 81.8 Å². The van der Waals surface area contributed by atoms with Crippen LogP contribution in [0.3, 0.4) is 0 Å². The lowest BCUT2D eigenvalue weighted by atomic mass is 9.59. The van der Waals surface area contributed by atoms with Crippen LogP contribution in [0.25, 0.3) is 6.08 Å². The summed E-state index contributed by atoms with van der Waals surface area (Å²) in [7, 11) is 1.54. The molecule has 6 N–H and O–H groups in total. The number of ketones is 2. The second-order valence-corrected chi connectivity index (χ2v) is 11.3. The number of morpholine rings is 1. The molecular formula is C32H36N2O9. The second-order valence-electron chi connectivity index (χ2n) is 11.3. The smallest absolute Gasteiger partial charge is 0.255 e. The number of hydrogen-bond acceptors (Lipinski definition) is 10. The molecule has 3 atom stereocenters. The standard InChI is InChI=1S/C32H36N2O9/c1-3-4-22(35)25-19(12-18-11-17(5-6-24(18)42-2)16-34-7-9-43-10-8-34)13-20-14-21-15-23(36)27(31(33)40)30(39)32(21,41)29(38)26(20)28(25)37/h3-6,11-12,20-21,35-36,38,41H,7-10,13-16H2,1-2H3,(H2,33,40)/b4-3-,19-12+,25-22-/t20-,21-,32-/m0/s1. The van der Waals surface area contributed by atoms with Crippen LogP contribution >= 0.6 is 0 Å². The lowest BCUT2D eigenvalue weighted by Gasteiger charge is -2.46. The number of amides is 1. The van der Waals surface area contributed by atoms with Crippen LogP contribution in [0.5, 0.6) is 5.75 Å². The van der Waals surface area contributed by atoms with Gasteiger partial charge in [0.05, 0.1) is 25.9 Å². The van der Waals surface area contributed by atoms with Crippen molar-refractivity contribution in [2.24, 2.45) is 17.6 Å². The molecular weight excluding hydrogens is 556 g/mol. The lowest BCUT2D eigenvalue weighted by Crippen LogP contribution is -2.57. The molecule has 0 spiro atoms. The van der Waals surface area contributed by atoms with Crippen LogP contribution in [0.2, 0.25) is 0 Å². The first-order valence-corrected chi connectivity index (χ1v) is 14.2. The summed E-state index contributed by atoms with van der Waals surface area (Å²) in [6.07, 6.45) is 4.62. The van der Waals surface area contributed by atoms with Gasteiger partial charge in [-0.25, -0.2) is 0 Å². The molecule has 0 bridgehead atoms. The fourth-order valence-corrected chi connectivity index (χ4v) is 6.64. The molecule has 1 heterocycles. The van der Waals surface area contributed by atoms with Crippen molar-refractivity contribution in [2.75, 3.05) is 33.4 Å². The van der Waals surface area contributed by atoms with E-state index < -0.39 is 52.0 Å². The number of aliphatic hydroxyl groups is 4. The molecule has 1 saturated carbocycles. The SMILES string of the molecule is C\C=C/C(O)=C1/C(=O)C2=C(O)[C@]3(O)C(=O)C(C(N)=O)=C(O)C[C@@H]3C[C@@H]2C/C1=C\c1cc(CN2CCOCC2)ccc1OC. The summed E-state index contributed by atoms with van der Waals surface area (Å²) in [5.41, 5.74) is 3.75. The normalized spacial score (nSPS) is 28.8. The van der Waals surface area contributed by atoms with Gasteiger partial charge in [0.1, 0.15) is 28.6 Å². The number of rotatable bonds is 6. The van der Waals surface area contributed by atoms with Crippen molar-refractivity contribution in [1.29, 1.82) is 0 Å². The number of hydrogen-bond donors (Lipinski definition) is 5. The van der Waals surface area contributed by atoms with Gasteiger partial charge in [-0.2, -0.15) is 0 Å². The Labute approximate surface area is 248 Å². The molecule has 228 valence electrons. The molecule has 0 aromatic heterocycles. The van der Waals surface area contributed by atoms with Crippen LogP contribution in [0, 0.1) is 11.8 Å². The van der Waals surface area contributed by atoms with Crippen LogP contribution in [0.1, 0.15) is 37.3 Å². The minimum Gasteiger partial charge on any atom is -0.511 e. The number of allylic oxidation sites excluding steroid dienone is 6. The van der Waals surface area contributed by atoms with Crippen molar-refractivity contribution < 1.29 is 44.3 Å². The summed E-state index contributed by atoms with van der Waals surface area (Å²) in [5.74, 6) is -6.14. The predicted octanol–water partition coefficient (Wildman–Crippen LogP) is 2.72. The molecule has 1 aliphatic heterocycles. The third-order valence-electron chi connectivity index (χ3n) is 8.71. The molecule has 5 rings (SSSR count). The molecule has 1 amide bonds. The van der Waals surface area contributed by atoms with E-state index in [-0.39, 0.29) is 36.2 Å². The number of Topliss-reactive ketones (excluding diaryl/α,β-unsaturated/α-hetero) is 2. The van der Waals surface area contributed by atoms with E-state index in [2.05, 4.69) is 4.90 Å². The predicted molar refractivity (Wildman–Crippen MR) is 156 cm³/mol. The van der Waals surface area contributed by atoms with Gasteiger partial charge >= 0.3 is 0 Å². The molecule has 1 aromatic rings. The Bertz CT molecular complexity index is 1530. The summed E-state index contributed by atoms with van der Waals surface area (Å²) in [6, 6.07) is 5.78. The van der Waals surface area contributed by atoms with Gasteiger partial charge in [-0.05, 0) is 61.1 Å². The number of fused-ring (bicyclic) bond motifs is 2. The largest absolute Gasteiger partial charge is 0.511 e. The second kappa shape index (κ2) is 11.8. The van der Waals surface area contributed by atoms with Gasteiger partial charge in [0.15, 0.2) is 11.4 Å². The van der Waals surface area contributed by atoms with Gasteiger partial charge in [0.25, 0.3) is 5.91 Å². The Kier molecular flexibility index (Phi) is 8.33. The van der Waals surface area contributed by atoms with E-state index in [0.29, 0.717) is 36.6 Å². The Morgan fingerprint density at radius 2 is 1.93 bits per heavy atom. The Hall–Kier alpha value is -4.19. The number of aliphatic hydroxyl groups excluding tert-OH is 3. The van der Waals surface area contributed by atoms with Gasteiger partial charge in [-0.3, -0.25) is 19.3 Å². The Morgan fingerprint density at radius 1 is 1.21 bits per heavy atom. The molecule has 11 nitrogen and oxygen atoms in total. The van der Waals surface area contributed by atoms with Crippen molar-refractivity contribution in [3.05, 3.63) is 81.0 Å². The van der Waals surface area contributed by atoms with E-state index in [0.717, 1.165) is 18.7 Å². The third kappa shape index (κ3) is 5.28. The highest BCUT2D eigenvalue weighted by Gasteiger charge is 2.59. The van der Waals surface area contributed by atoms with E-state index in [1.165, 1.54) is 6.08 Å². The average Bonchev–Trinajstić information content (AvgIpc) is 2.95. The molecule has 3 aliphatic carbocycles. The molecule has 4 aliphatic rings. The van der Waals surface area contributed by atoms with Gasteiger partial charge in [0.2, 0.25) is 5.78 Å². The van der Waals surface area contributed by atoms with E-state index >= 15 is 0 Å². The minimum atomic E-state index is -2.61. The summed E-state index contributed by atoms with van der Waals surface area (Å²) in [5, 5.41) is 44.2. The Balaban J connectivity index is 1.60. The topological polar surface area (TPSA) is 180 Å². The molecule has 1 saturated heterocycles. The zero-order chi connectivity index (χ0) is 31.1.